The smallest absolute Gasteiger partial charge is 0.259 e. The van der Waals surface area contributed by atoms with E-state index in [1.165, 1.54) is 10.8 Å². The third-order valence-electron chi connectivity index (χ3n) is 6.30. The summed E-state index contributed by atoms with van der Waals surface area (Å²) in [6, 6.07) is 28.5. The lowest BCUT2D eigenvalue weighted by molar-refractivity contribution is -0.113. The molecule has 182 valence electrons. The molecule has 1 amide bonds. The van der Waals surface area contributed by atoms with Crippen LogP contribution in [0.25, 0.3) is 22.4 Å². The lowest BCUT2D eigenvalue weighted by Crippen LogP contribution is -2.30. The normalized spacial score (nSPS) is 14.1. The van der Waals surface area contributed by atoms with Crippen LogP contribution in [0.3, 0.4) is 0 Å². The fourth-order valence-corrected chi connectivity index (χ4v) is 4.65. The Bertz CT molecular complexity index is 1440. The van der Waals surface area contributed by atoms with E-state index in [1.54, 1.807) is 0 Å². The molecule has 4 nitrogen and oxygen atoms in total. The minimum absolute atomic E-state index is 0.0412. The molecule has 1 aliphatic rings. The summed E-state index contributed by atoms with van der Waals surface area (Å²) < 4.78 is 12.1. The first-order chi connectivity index (χ1) is 17.5. The van der Waals surface area contributed by atoms with Crippen LogP contribution in [-0.4, -0.2) is 19.1 Å². The van der Waals surface area contributed by atoms with Gasteiger partial charge in [-0.25, -0.2) is 0 Å². The number of fused-ring (bicyclic) bond motifs is 2. The first kappa shape index (κ1) is 23.7. The molecule has 0 N–H and O–H groups in total. The van der Waals surface area contributed by atoms with Gasteiger partial charge in [0.15, 0.2) is 11.5 Å². The Balaban J connectivity index is 1.41. The molecule has 0 unspecified atom stereocenters. The van der Waals surface area contributed by atoms with Crippen LogP contribution in [0.1, 0.15) is 37.5 Å². The average molecular weight is 478 g/mol. The highest BCUT2D eigenvalue weighted by Gasteiger charge is 2.32. The van der Waals surface area contributed by atoms with Crippen LogP contribution in [0.4, 0.5) is 5.69 Å². The van der Waals surface area contributed by atoms with Gasteiger partial charge in [-0.1, -0.05) is 74.5 Å². The summed E-state index contributed by atoms with van der Waals surface area (Å²) in [6.07, 6.45) is 1.96. The van der Waals surface area contributed by atoms with E-state index < -0.39 is 0 Å². The number of carbonyl (C=O) groups is 1. The zero-order valence-corrected chi connectivity index (χ0v) is 21.0. The van der Waals surface area contributed by atoms with Gasteiger partial charge in [0.05, 0.1) is 12.3 Å². The Hall–Kier alpha value is -4.05. The average Bonchev–Trinajstić information content (AvgIpc) is 3.14. The number of benzene rings is 4. The molecule has 1 heterocycles. The molecular formula is C32H31NO3. The van der Waals surface area contributed by atoms with Crippen molar-refractivity contribution in [3.05, 3.63) is 102 Å². The van der Waals surface area contributed by atoms with Gasteiger partial charge in [-0.05, 0) is 65.1 Å². The first-order valence-corrected chi connectivity index (χ1v) is 12.5. The summed E-state index contributed by atoms with van der Waals surface area (Å²) in [5.74, 6) is 1.78. The van der Waals surface area contributed by atoms with Crippen molar-refractivity contribution in [1.29, 1.82) is 0 Å². The van der Waals surface area contributed by atoms with E-state index in [-0.39, 0.29) is 5.91 Å². The van der Waals surface area contributed by atoms with Gasteiger partial charge in [0.1, 0.15) is 6.61 Å². The van der Waals surface area contributed by atoms with Gasteiger partial charge < -0.3 is 14.4 Å². The Labute approximate surface area is 212 Å². The quantitative estimate of drug-likeness (QED) is 0.249. The van der Waals surface area contributed by atoms with Gasteiger partial charge in [0.2, 0.25) is 0 Å². The van der Waals surface area contributed by atoms with Gasteiger partial charge in [-0.2, -0.15) is 0 Å². The minimum Gasteiger partial charge on any atom is -0.490 e. The van der Waals surface area contributed by atoms with E-state index in [9.17, 15) is 4.79 Å². The maximum atomic E-state index is 13.3. The Morgan fingerprint density at radius 1 is 0.833 bits per heavy atom. The lowest BCUT2D eigenvalue weighted by Gasteiger charge is -2.19. The van der Waals surface area contributed by atoms with Crippen LogP contribution < -0.4 is 14.4 Å². The summed E-state index contributed by atoms with van der Waals surface area (Å²) in [6.45, 7) is 7.88. The molecule has 4 aromatic carbocycles. The predicted molar refractivity (Wildman–Crippen MR) is 147 cm³/mol. The number of amides is 1. The Morgan fingerprint density at radius 2 is 1.61 bits per heavy atom. The van der Waals surface area contributed by atoms with E-state index >= 15 is 0 Å². The molecular weight excluding hydrogens is 446 g/mol. The van der Waals surface area contributed by atoms with Crippen molar-refractivity contribution in [3.63, 3.8) is 0 Å². The number of rotatable bonds is 8. The number of ether oxygens (including phenoxy) is 2. The highest BCUT2D eigenvalue weighted by atomic mass is 16.5. The monoisotopic (exact) mass is 477 g/mol. The second kappa shape index (κ2) is 10.3. The molecule has 0 fully saturated rings. The largest absolute Gasteiger partial charge is 0.490 e. The molecule has 0 aromatic heterocycles. The van der Waals surface area contributed by atoms with Crippen molar-refractivity contribution < 1.29 is 14.3 Å². The summed E-state index contributed by atoms with van der Waals surface area (Å²) >= 11 is 0. The Kier molecular flexibility index (Phi) is 6.77. The van der Waals surface area contributed by atoms with E-state index in [0.29, 0.717) is 42.7 Å². The van der Waals surface area contributed by atoms with Crippen LogP contribution in [0.5, 0.6) is 11.5 Å². The first-order valence-electron chi connectivity index (χ1n) is 12.5. The van der Waals surface area contributed by atoms with Crippen molar-refractivity contribution in [2.45, 2.75) is 27.4 Å². The molecule has 5 rings (SSSR count). The van der Waals surface area contributed by atoms with Crippen molar-refractivity contribution in [1.82, 2.24) is 0 Å². The van der Waals surface area contributed by atoms with Crippen LogP contribution in [0.15, 0.2) is 84.9 Å². The molecule has 0 atom stereocenters. The maximum Gasteiger partial charge on any atom is 0.259 e. The predicted octanol–water partition coefficient (Wildman–Crippen LogP) is 7.36. The van der Waals surface area contributed by atoms with Crippen LogP contribution in [0, 0.1) is 5.92 Å². The molecule has 0 saturated carbocycles. The molecule has 0 spiro atoms. The fraction of sp³-hybridized carbons (Fsp3) is 0.219. The van der Waals surface area contributed by atoms with Gasteiger partial charge in [-0.15, -0.1) is 0 Å². The van der Waals surface area contributed by atoms with Gasteiger partial charge >= 0.3 is 0 Å². The second-order valence-electron chi connectivity index (χ2n) is 9.49. The summed E-state index contributed by atoms with van der Waals surface area (Å²) in [4.78, 5) is 15.2. The topological polar surface area (TPSA) is 38.8 Å². The van der Waals surface area contributed by atoms with Crippen LogP contribution in [-0.2, 0) is 11.4 Å². The van der Waals surface area contributed by atoms with E-state index in [4.69, 9.17) is 9.47 Å². The molecule has 0 bridgehead atoms. The molecule has 4 aromatic rings. The number of hydrogen-bond acceptors (Lipinski definition) is 3. The van der Waals surface area contributed by atoms with Crippen molar-refractivity contribution in [2.75, 3.05) is 18.1 Å². The Morgan fingerprint density at radius 3 is 2.42 bits per heavy atom. The SMILES string of the molecule is CCOc1cc(/C=C2\C(=O)N(CC(C)C)c3ccccc32)ccc1OCc1ccc2ccccc2c1. The lowest BCUT2D eigenvalue weighted by atomic mass is 10.0. The summed E-state index contributed by atoms with van der Waals surface area (Å²) in [5, 5.41) is 2.40. The molecule has 36 heavy (non-hydrogen) atoms. The van der Waals surface area contributed by atoms with Crippen LogP contribution >= 0.6 is 0 Å². The molecule has 0 saturated heterocycles. The molecule has 4 heteroatoms. The third-order valence-corrected chi connectivity index (χ3v) is 6.30. The number of para-hydroxylation sites is 1. The summed E-state index contributed by atoms with van der Waals surface area (Å²) in [5.41, 5.74) is 4.65. The van der Waals surface area contributed by atoms with Crippen molar-refractivity contribution in [3.8, 4) is 11.5 Å². The van der Waals surface area contributed by atoms with Crippen molar-refractivity contribution in [2.24, 2.45) is 5.92 Å². The standard InChI is InChI=1S/C32H31NO3/c1-4-35-31-19-23(18-28-27-11-7-8-12-29(27)33(32(28)34)20-22(2)3)14-16-30(31)36-21-24-13-15-25-9-5-6-10-26(25)17-24/h5-19,22H,4,20-21H2,1-3H3/b28-18-. The fourth-order valence-electron chi connectivity index (χ4n) is 4.65. The zero-order valence-electron chi connectivity index (χ0n) is 21.0. The van der Waals surface area contributed by atoms with E-state index in [1.807, 2.05) is 72.5 Å². The number of anilines is 1. The maximum absolute atomic E-state index is 13.3. The number of nitrogens with zero attached hydrogens (tertiary/aromatic N) is 1. The van der Waals surface area contributed by atoms with Crippen LogP contribution in [0.2, 0.25) is 0 Å². The van der Waals surface area contributed by atoms with Gasteiger partial charge in [0, 0.05) is 17.7 Å². The van der Waals surface area contributed by atoms with E-state index in [2.05, 4.69) is 44.2 Å². The highest BCUT2D eigenvalue weighted by molar-refractivity contribution is 6.35. The van der Waals surface area contributed by atoms with Gasteiger partial charge in [0.25, 0.3) is 5.91 Å². The molecule has 0 radical (unpaired) electrons. The van der Waals surface area contributed by atoms with Gasteiger partial charge in [-0.3, -0.25) is 4.79 Å². The highest BCUT2D eigenvalue weighted by Crippen LogP contribution is 2.39. The minimum atomic E-state index is 0.0412. The summed E-state index contributed by atoms with van der Waals surface area (Å²) in [7, 11) is 0. The molecule has 1 aliphatic heterocycles. The number of hydrogen-bond donors (Lipinski definition) is 0. The van der Waals surface area contributed by atoms with E-state index in [0.717, 1.165) is 22.4 Å². The second-order valence-corrected chi connectivity index (χ2v) is 9.49. The van der Waals surface area contributed by atoms with Crippen molar-refractivity contribution >= 4 is 34.0 Å². The third kappa shape index (κ3) is 4.85. The zero-order chi connectivity index (χ0) is 25.1. The molecule has 0 aliphatic carbocycles. The number of carbonyl (C=O) groups excluding carboxylic acids is 1.